The Morgan fingerprint density at radius 1 is 1.53 bits per heavy atom. The Bertz CT molecular complexity index is 422. The van der Waals surface area contributed by atoms with E-state index in [1.807, 2.05) is 0 Å². The van der Waals surface area contributed by atoms with Crippen LogP contribution in [0.2, 0.25) is 0 Å². The monoisotopic (exact) mass is 245 g/mol. The van der Waals surface area contributed by atoms with Gasteiger partial charge in [0.15, 0.2) is 23.3 Å². The molecule has 1 unspecified atom stereocenters. The fraction of sp³-hybridized carbons (Fsp3) is 0.500. The third-order valence-corrected chi connectivity index (χ3v) is 2.62. The number of nitrogen functional groups attached to an aromatic ring is 1. The molecule has 0 bridgehead atoms. The number of aromatic nitrogens is 1. The minimum Gasteiger partial charge on any atom is -0.386 e. The summed E-state index contributed by atoms with van der Waals surface area (Å²) in [5, 5.41) is 12.5. The van der Waals surface area contributed by atoms with Crippen LogP contribution in [0.4, 0.5) is 20.4 Å². The van der Waals surface area contributed by atoms with Crippen LogP contribution in [-0.2, 0) is 4.74 Å². The summed E-state index contributed by atoms with van der Waals surface area (Å²) >= 11 is 0. The molecule has 1 saturated heterocycles. The summed E-state index contributed by atoms with van der Waals surface area (Å²) in [6.07, 6.45) is 0.457. The van der Waals surface area contributed by atoms with E-state index >= 15 is 0 Å². The van der Waals surface area contributed by atoms with Crippen molar-refractivity contribution in [3.05, 3.63) is 17.7 Å². The molecule has 1 fully saturated rings. The van der Waals surface area contributed by atoms with Gasteiger partial charge in [-0.25, -0.2) is 13.8 Å². The van der Waals surface area contributed by atoms with Crippen LogP contribution in [0.25, 0.3) is 0 Å². The van der Waals surface area contributed by atoms with Gasteiger partial charge in [0.25, 0.3) is 0 Å². The highest BCUT2D eigenvalue weighted by Crippen LogP contribution is 2.21. The molecule has 17 heavy (non-hydrogen) atoms. The highest BCUT2D eigenvalue weighted by molar-refractivity contribution is 5.45. The maximum Gasteiger partial charge on any atom is 0.168 e. The molecule has 0 radical (unpaired) electrons. The zero-order valence-corrected chi connectivity index (χ0v) is 9.04. The Kier molecular flexibility index (Phi) is 3.12. The first-order chi connectivity index (χ1) is 8.00. The summed E-state index contributed by atoms with van der Waals surface area (Å²) in [5.74, 6) is -2.32. The molecule has 1 aliphatic rings. The second kappa shape index (κ2) is 4.42. The minimum absolute atomic E-state index is 0.0714. The molecular weight excluding hydrogens is 232 g/mol. The largest absolute Gasteiger partial charge is 0.386 e. The number of nitrogens with zero attached hydrogens (tertiary/aromatic N) is 1. The van der Waals surface area contributed by atoms with Gasteiger partial charge >= 0.3 is 0 Å². The molecule has 1 aromatic heterocycles. The molecule has 0 aliphatic carbocycles. The third-order valence-electron chi connectivity index (χ3n) is 2.62. The Balaban J connectivity index is 2.06. The maximum atomic E-state index is 13.3. The van der Waals surface area contributed by atoms with E-state index in [0.29, 0.717) is 19.1 Å². The van der Waals surface area contributed by atoms with Crippen molar-refractivity contribution < 1.29 is 18.6 Å². The van der Waals surface area contributed by atoms with Crippen molar-refractivity contribution in [2.75, 3.05) is 30.8 Å². The number of nitrogens with two attached hydrogens (primary N) is 1. The summed E-state index contributed by atoms with van der Waals surface area (Å²) < 4.78 is 31.2. The van der Waals surface area contributed by atoms with Crippen LogP contribution in [0.15, 0.2) is 6.07 Å². The van der Waals surface area contributed by atoms with Gasteiger partial charge in [0, 0.05) is 25.6 Å². The molecule has 0 aromatic carbocycles. The maximum absolute atomic E-state index is 13.3. The fourth-order valence-corrected chi connectivity index (χ4v) is 1.59. The Labute approximate surface area is 96.6 Å². The van der Waals surface area contributed by atoms with Crippen molar-refractivity contribution in [1.29, 1.82) is 0 Å². The van der Waals surface area contributed by atoms with Crippen LogP contribution >= 0.6 is 0 Å². The van der Waals surface area contributed by atoms with Crippen LogP contribution in [0.5, 0.6) is 0 Å². The predicted molar refractivity (Wildman–Crippen MR) is 57.4 cm³/mol. The second-order valence-electron chi connectivity index (χ2n) is 4.07. The van der Waals surface area contributed by atoms with Crippen LogP contribution in [0.3, 0.4) is 0 Å². The Hall–Kier alpha value is -1.47. The van der Waals surface area contributed by atoms with Crippen molar-refractivity contribution in [1.82, 2.24) is 4.98 Å². The predicted octanol–water partition coefficient (Wildman–Crippen LogP) is 0.505. The number of ether oxygens (including phenoxy) is 1. The summed E-state index contributed by atoms with van der Waals surface area (Å²) in [5.41, 5.74) is 4.18. The molecule has 5 nitrogen and oxygen atoms in total. The zero-order valence-electron chi connectivity index (χ0n) is 9.04. The van der Waals surface area contributed by atoms with Gasteiger partial charge in [-0.1, -0.05) is 0 Å². The highest BCUT2D eigenvalue weighted by atomic mass is 19.1. The zero-order chi connectivity index (χ0) is 12.5. The van der Waals surface area contributed by atoms with E-state index in [9.17, 15) is 13.9 Å². The molecule has 7 heteroatoms. The van der Waals surface area contributed by atoms with E-state index in [0.717, 1.165) is 0 Å². The Morgan fingerprint density at radius 2 is 2.29 bits per heavy atom. The number of halogens is 2. The Morgan fingerprint density at radius 3 is 2.94 bits per heavy atom. The molecule has 1 aliphatic heterocycles. The first-order valence-electron chi connectivity index (χ1n) is 5.16. The molecule has 0 saturated carbocycles. The van der Waals surface area contributed by atoms with Gasteiger partial charge in [-0.3, -0.25) is 0 Å². The smallest absolute Gasteiger partial charge is 0.168 e. The number of hydrogen-bond acceptors (Lipinski definition) is 5. The first kappa shape index (κ1) is 12.0. The third kappa shape index (κ3) is 2.62. The van der Waals surface area contributed by atoms with Crippen LogP contribution < -0.4 is 11.1 Å². The van der Waals surface area contributed by atoms with Gasteiger partial charge in [-0.2, -0.15) is 0 Å². The summed E-state index contributed by atoms with van der Waals surface area (Å²) in [4.78, 5) is 3.53. The quantitative estimate of drug-likeness (QED) is 0.722. The lowest BCUT2D eigenvalue weighted by molar-refractivity contribution is 0.0381. The summed E-state index contributed by atoms with van der Waals surface area (Å²) in [6.45, 7) is 0.708. The molecule has 0 spiro atoms. The van der Waals surface area contributed by atoms with E-state index in [1.54, 1.807) is 0 Å². The van der Waals surface area contributed by atoms with E-state index in [-0.39, 0.29) is 24.8 Å². The number of hydrogen-bond donors (Lipinski definition) is 3. The lowest BCUT2D eigenvalue weighted by atomic mass is 10.0. The lowest BCUT2D eigenvalue weighted by Crippen LogP contribution is -2.37. The van der Waals surface area contributed by atoms with Crippen molar-refractivity contribution in [2.45, 2.75) is 12.0 Å². The van der Waals surface area contributed by atoms with Crippen molar-refractivity contribution in [2.24, 2.45) is 0 Å². The number of pyridine rings is 1. The lowest BCUT2D eigenvalue weighted by Gasteiger charge is -2.21. The molecular formula is C10H13F2N3O2. The highest BCUT2D eigenvalue weighted by Gasteiger charge is 2.32. The molecule has 1 aromatic rings. The van der Waals surface area contributed by atoms with Crippen molar-refractivity contribution in [3.8, 4) is 0 Å². The molecule has 4 N–H and O–H groups in total. The van der Waals surface area contributed by atoms with Gasteiger partial charge < -0.3 is 20.9 Å². The summed E-state index contributed by atoms with van der Waals surface area (Å²) in [6, 6.07) is 0.653. The van der Waals surface area contributed by atoms with E-state index in [2.05, 4.69) is 10.3 Å². The number of aliphatic hydroxyl groups is 1. The van der Waals surface area contributed by atoms with Crippen molar-refractivity contribution >= 4 is 11.6 Å². The number of nitrogens with one attached hydrogen (secondary N) is 1. The minimum atomic E-state index is -1.04. The van der Waals surface area contributed by atoms with Gasteiger partial charge in [0.2, 0.25) is 0 Å². The SMILES string of the molecule is Nc1nc(NCC2(O)CCOC2)c(F)cc1F. The van der Waals surface area contributed by atoms with Gasteiger partial charge in [-0.15, -0.1) is 0 Å². The van der Waals surface area contributed by atoms with Gasteiger partial charge in [-0.05, 0) is 0 Å². The first-order valence-corrected chi connectivity index (χ1v) is 5.16. The standard InChI is InChI=1S/C10H13F2N3O2/c11-6-3-7(12)9(15-8(6)13)14-4-10(16)1-2-17-5-10/h3,16H,1-2,4-5H2,(H3,13,14,15). The normalized spacial score (nSPS) is 23.9. The second-order valence-corrected chi connectivity index (χ2v) is 4.07. The molecule has 94 valence electrons. The number of anilines is 2. The van der Waals surface area contributed by atoms with E-state index < -0.39 is 17.2 Å². The molecule has 2 rings (SSSR count). The molecule has 0 amide bonds. The van der Waals surface area contributed by atoms with E-state index in [1.165, 1.54) is 0 Å². The molecule has 2 heterocycles. The number of rotatable bonds is 3. The molecule has 1 atom stereocenters. The van der Waals surface area contributed by atoms with E-state index in [4.69, 9.17) is 10.5 Å². The van der Waals surface area contributed by atoms with Gasteiger partial charge in [0.1, 0.15) is 5.60 Å². The van der Waals surface area contributed by atoms with Gasteiger partial charge in [0.05, 0.1) is 6.61 Å². The van der Waals surface area contributed by atoms with Crippen LogP contribution in [0, 0.1) is 11.6 Å². The van der Waals surface area contributed by atoms with Crippen molar-refractivity contribution in [3.63, 3.8) is 0 Å². The fourth-order valence-electron chi connectivity index (χ4n) is 1.59. The van der Waals surface area contributed by atoms with Crippen LogP contribution in [-0.4, -0.2) is 35.5 Å². The topological polar surface area (TPSA) is 80.4 Å². The average molecular weight is 245 g/mol. The van der Waals surface area contributed by atoms with Crippen LogP contribution in [0.1, 0.15) is 6.42 Å². The summed E-state index contributed by atoms with van der Waals surface area (Å²) in [7, 11) is 0. The average Bonchev–Trinajstić information content (AvgIpc) is 2.69.